The van der Waals surface area contributed by atoms with Crippen molar-refractivity contribution in [1.29, 1.82) is 0 Å². The number of halogens is 13. The van der Waals surface area contributed by atoms with Crippen LogP contribution in [0.4, 0.5) is 37.7 Å². The summed E-state index contributed by atoms with van der Waals surface area (Å²) in [6.07, 6.45) is -7.32. The van der Waals surface area contributed by atoms with E-state index in [1.807, 2.05) is 13.0 Å². The molecule has 2 aromatic heterocycles. The van der Waals surface area contributed by atoms with E-state index in [-0.39, 0.29) is 48.2 Å². The molecule has 0 atom stereocenters. The first-order chi connectivity index (χ1) is 34.8. The van der Waals surface area contributed by atoms with Crippen LogP contribution in [-0.4, -0.2) is 85.4 Å². The fraction of sp³-hybridized carbons (Fsp3) is 0.217. The highest BCUT2D eigenvalue weighted by Gasteiger charge is 2.38. The lowest BCUT2D eigenvalue weighted by atomic mass is 10.0. The molecule has 0 aliphatic heterocycles. The molecule has 75 heavy (non-hydrogen) atoms. The zero-order valence-corrected chi connectivity index (χ0v) is 47.0. The van der Waals surface area contributed by atoms with Crippen LogP contribution in [0.15, 0.2) is 112 Å². The first-order valence-corrected chi connectivity index (χ1v) is 26.4. The van der Waals surface area contributed by atoms with Crippen LogP contribution in [0.5, 0.6) is 0 Å². The number of pyridine rings is 2. The van der Waals surface area contributed by atoms with E-state index in [0.29, 0.717) is 32.6 Å². The quantitative estimate of drug-likeness (QED) is 0.0335. The molecular formula is C46H38BrCl6F6N5O9S2. The molecule has 29 heteroatoms. The van der Waals surface area contributed by atoms with Gasteiger partial charge in [-0.05, 0) is 103 Å². The van der Waals surface area contributed by atoms with Gasteiger partial charge in [0.2, 0.25) is 5.78 Å². The van der Waals surface area contributed by atoms with Crippen molar-refractivity contribution in [3.8, 4) is 0 Å². The van der Waals surface area contributed by atoms with Crippen molar-refractivity contribution in [2.45, 2.75) is 36.0 Å². The molecular weight excluding hydrogens is 1240 g/mol. The van der Waals surface area contributed by atoms with Crippen LogP contribution in [0, 0.1) is 13.8 Å². The van der Waals surface area contributed by atoms with Gasteiger partial charge in [0.1, 0.15) is 23.8 Å². The van der Waals surface area contributed by atoms with Crippen LogP contribution in [0.25, 0.3) is 0 Å². The Labute approximate surface area is 465 Å². The summed E-state index contributed by atoms with van der Waals surface area (Å²) in [6.45, 7) is 2.48. The lowest BCUT2D eigenvalue weighted by Gasteiger charge is -2.25. The number of ketones is 1. The molecule has 2 heterocycles. The van der Waals surface area contributed by atoms with Crippen LogP contribution >= 0.6 is 85.5 Å². The fourth-order valence-corrected chi connectivity index (χ4v) is 10.7. The number of methoxy groups -OCH3 is 2. The first-order valence-electron chi connectivity index (χ1n) is 20.4. The maximum atomic E-state index is 13.5. The summed E-state index contributed by atoms with van der Waals surface area (Å²) in [6, 6.07) is 16.8. The molecule has 0 spiro atoms. The third-order valence-corrected chi connectivity index (χ3v) is 15.6. The van der Waals surface area contributed by atoms with E-state index in [2.05, 4.69) is 25.9 Å². The number of ether oxygens (including phenoxy) is 2. The summed E-state index contributed by atoms with van der Waals surface area (Å²) >= 11 is 38.2. The Balaban J connectivity index is 0.000000266. The van der Waals surface area contributed by atoms with Gasteiger partial charge in [-0.2, -0.15) is 26.3 Å². The molecule has 404 valence electrons. The standard InChI is InChI=1S/C22H16Cl3F3N2O4S.C14H10BrCl2F3N2O3S.C10H12ClNO2/c1-12-3-5-17(24)15(7-12)21(31)20-19(8-13(23)10-29-20)30(11-34-2)35(32,33)14-4-6-18(25)16(9-14)22(26,27)28;1-25-7-22(12-4-8(16)6-21-13(12)15)26(23,24)9-2-3-11(17)10(5-9)14(18,19)20;1-7-4-5-9(11)8(6-7)10(13)12(2)14-3/h3-10H,11H2,1-2H3;2-6H,7H2,1H3;4-6H,1-3H3. The minimum Gasteiger partial charge on any atom is -0.363 e. The summed E-state index contributed by atoms with van der Waals surface area (Å²) in [5.74, 6) is -0.977. The maximum Gasteiger partial charge on any atom is 0.417 e. The van der Waals surface area contributed by atoms with Gasteiger partial charge in [0.15, 0.2) is 0 Å². The number of hydroxylamine groups is 2. The van der Waals surface area contributed by atoms with Gasteiger partial charge in [-0.25, -0.2) is 40.5 Å². The van der Waals surface area contributed by atoms with Crippen LogP contribution < -0.4 is 8.61 Å². The van der Waals surface area contributed by atoms with Crippen LogP contribution in [-0.2, 0) is 46.7 Å². The predicted octanol–water partition coefficient (Wildman–Crippen LogP) is 13.6. The van der Waals surface area contributed by atoms with Crippen LogP contribution in [0.2, 0.25) is 30.1 Å². The number of aromatic nitrogens is 2. The Kier molecular flexibility index (Phi) is 22.0. The molecule has 0 saturated heterocycles. The zero-order chi connectivity index (χ0) is 56.5. The number of aryl methyl sites for hydroxylation is 2. The molecule has 0 radical (unpaired) electrons. The molecule has 6 rings (SSSR count). The number of hydrogen-bond acceptors (Lipinski definition) is 11. The largest absolute Gasteiger partial charge is 0.417 e. The second-order valence-electron chi connectivity index (χ2n) is 15.1. The summed E-state index contributed by atoms with van der Waals surface area (Å²) in [7, 11) is -3.78. The summed E-state index contributed by atoms with van der Waals surface area (Å²) in [4.78, 5) is 36.3. The molecule has 0 N–H and O–H groups in total. The Bertz CT molecular complexity index is 3310. The topological polar surface area (TPSA) is 166 Å². The van der Waals surface area contributed by atoms with Crippen LogP contribution in [0.3, 0.4) is 0 Å². The van der Waals surface area contributed by atoms with Gasteiger partial charge in [-0.1, -0.05) is 92.9 Å². The summed E-state index contributed by atoms with van der Waals surface area (Å²) < 4.78 is 143. The molecule has 0 saturated carbocycles. The number of rotatable bonds is 14. The minimum atomic E-state index is -4.91. The van der Waals surface area contributed by atoms with E-state index in [9.17, 15) is 52.8 Å². The molecule has 0 bridgehead atoms. The smallest absolute Gasteiger partial charge is 0.363 e. The van der Waals surface area contributed by atoms with E-state index < -0.39 is 82.6 Å². The highest BCUT2D eigenvalue weighted by atomic mass is 79.9. The Hall–Kier alpha value is -4.50. The number of carbonyl (C=O) groups excluding carboxylic acids is 2. The van der Waals surface area contributed by atoms with Crippen molar-refractivity contribution < 1.29 is 67.1 Å². The number of sulfonamides is 2. The minimum absolute atomic E-state index is 0.00265. The molecule has 0 aliphatic carbocycles. The number of nitrogens with zero attached hydrogens (tertiary/aromatic N) is 5. The van der Waals surface area contributed by atoms with Crippen LogP contribution in [0.1, 0.15) is 48.7 Å². The molecule has 14 nitrogen and oxygen atoms in total. The maximum absolute atomic E-state index is 13.5. The van der Waals surface area contributed by atoms with Gasteiger partial charge in [-0.3, -0.25) is 14.4 Å². The molecule has 1 amide bonds. The second kappa shape index (κ2) is 26.2. The Morgan fingerprint density at radius 2 is 0.987 bits per heavy atom. The molecule has 0 aliphatic rings. The monoisotopic (exact) mass is 1270 g/mol. The van der Waals surface area contributed by atoms with Crippen molar-refractivity contribution in [3.05, 3.63) is 171 Å². The van der Waals surface area contributed by atoms with Gasteiger partial charge >= 0.3 is 12.4 Å². The molecule has 4 aromatic carbocycles. The predicted molar refractivity (Wildman–Crippen MR) is 277 cm³/mol. The van der Waals surface area contributed by atoms with Gasteiger partial charge in [0.25, 0.3) is 26.0 Å². The molecule has 6 aromatic rings. The van der Waals surface area contributed by atoms with Crippen molar-refractivity contribution >= 4 is 129 Å². The normalized spacial score (nSPS) is 11.7. The summed E-state index contributed by atoms with van der Waals surface area (Å²) in [5, 5.41) is 0.480. The van der Waals surface area contributed by atoms with Gasteiger partial charge in [-0.15, -0.1) is 0 Å². The Morgan fingerprint density at radius 3 is 1.43 bits per heavy atom. The van der Waals surface area contributed by atoms with E-state index >= 15 is 0 Å². The first kappa shape index (κ1) is 63.0. The molecule has 0 unspecified atom stereocenters. The van der Waals surface area contributed by atoms with Crippen molar-refractivity contribution in [1.82, 2.24) is 15.0 Å². The fourth-order valence-electron chi connectivity index (χ4n) is 6.17. The number of anilines is 2. The van der Waals surface area contributed by atoms with Crippen molar-refractivity contribution in [2.24, 2.45) is 0 Å². The van der Waals surface area contributed by atoms with E-state index in [4.69, 9.17) is 83.9 Å². The lowest BCUT2D eigenvalue weighted by molar-refractivity contribution is -0.138. The van der Waals surface area contributed by atoms with E-state index in [1.165, 1.54) is 45.7 Å². The third kappa shape index (κ3) is 15.8. The summed E-state index contributed by atoms with van der Waals surface area (Å²) in [5.41, 5.74) is -1.08. The van der Waals surface area contributed by atoms with Gasteiger partial charge in [0, 0.05) is 39.2 Å². The highest BCUT2D eigenvalue weighted by Crippen LogP contribution is 2.40. The number of benzene rings is 4. The van der Waals surface area contributed by atoms with Gasteiger partial charge < -0.3 is 9.47 Å². The lowest BCUT2D eigenvalue weighted by Crippen LogP contribution is -2.34. The third-order valence-electron chi connectivity index (χ3n) is 9.81. The highest BCUT2D eigenvalue weighted by molar-refractivity contribution is 9.10. The Morgan fingerprint density at radius 1 is 0.587 bits per heavy atom. The number of amides is 1. The van der Waals surface area contributed by atoms with E-state index in [1.54, 1.807) is 32.2 Å². The molecule has 0 fully saturated rings. The number of hydrogen-bond donors (Lipinski definition) is 0. The van der Waals surface area contributed by atoms with Crippen molar-refractivity contribution in [3.63, 3.8) is 0 Å². The second-order valence-corrected chi connectivity index (χ2v) is 22.1. The number of alkyl halides is 6. The van der Waals surface area contributed by atoms with Crippen molar-refractivity contribution in [2.75, 3.05) is 50.4 Å². The SMILES string of the molecule is COCN(c1cc(Cl)cnc1Br)S(=O)(=O)c1ccc(Cl)c(C(F)(F)F)c1.COCN(c1cc(Cl)cnc1C(=O)c1cc(C)ccc1Cl)S(=O)(=O)c1ccc(Cl)c(C(F)(F)F)c1.CON(C)C(=O)c1cc(C)ccc1Cl. The number of carbonyl (C=O) groups is 2. The average molecular weight is 1280 g/mol. The zero-order valence-electron chi connectivity index (χ0n) is 39.3. The van der Waals surface area contributed by atoms with E-state index in [0.717, 1.165) is 51.5 Å². The van der Waals surface area contributed by atoms with Gasteiger partial charge in [0.05, 0.1) is 75.1 Å². The average Bonchev–Trinajstić information content (AvgIpc) is 3.33.